The van der Waals surface area contributed by atoms with E-state index in [1.165, 1.54) is 6.42 Å². The van der Waals surface area contributed by atoms with E-state index in [9.17, 15) is 0 Å². The molecule has 2 aliphatic rings. The van der Waals surface area contributed by atoms with Gasteiger partial charge >= 0.3 is 0 Å². The molecule has 1 spiro atoms. The molecule has 8 heteroatoms. The van der Waals surface area contributed by atoms with Crippen LogP contribution in [0.1, 0.15) is 32.1 Å². The SMILES string of the molecule is c1cn2cc(-c3c[nH]c4nc(NC5CCC6(CCO6)CC5)ncc34)cnc2n1. The molecule has 0 aromatic carbocycles. The summed E-state index contributed by atoms with van der Waals surface area (Å²) in [5.74, 6) is 1.37. The molecule has 2 fully saturated rings. The highest BCUT2D eigenvalue weighted by atomic mass is 16.5. The second-order valence-corrected chi connectivity index (χ2v) is 7.84. The van der Waals surface area contributed by atoms with Crippen molar-refractivity contribution in [1.82, 2.24) is 29.3 Å². The molecule has 1 aliphatic carbocycles. The third-order valence-electron chi connectivity index (χ3n) is 6.18. The summed E-state index contributed by atoms with van der Waals surface area (Å²) in [5.41, 5.74) is 3.04. The fraction of sp³-hybridized carbons (Fsp3) is 0.400. The predicted molar refractivity (Wildman–Crippen MR) is 105 cm³/mol. The Labute approximate surface area is 161 Å². The van der Waals surface area contributed by atoms with Gasteiger partial charge in [-0.15, -0.1) is 0 Å². The minimum Gasteiger partial charge on any atom is -0.375 e. The number of anilines is 1. The number of nitrogens with one attached hydrogen (secondary N) is 2. The van der Waals surface area contributed by atoms with Gasteiger partial charge in [-0.2, -0.15) is 4.98 Å². The van der Waals surface area contributed by atoms with Gasteiger partial charge in [0.15, 0.2) is 0 Å². The van der Waals surface area contributed by atoms with Gasteiger partial charge in [0.2, 0.25) is 11.7 Å². The average molecular weight is 375 g/mol. The molecule has 2 N–H and O–H groups in total. The Balaban J connectivity index is 1.24. The van der Waals surface area contributed by atoms with Gasteiger partial charge in [0.1, 0.15) is 5.65 Å². The Morgan fingerprint density at radius 1 is 1.14 bits per heavy atom. The molecule has 4 aromatic heterocycles. The molecule has 142 valence electrons. The van der Waals surface area contributed by atoms with Crippen LogP contribution in [0.5, 0.6) is 0 Å². The van der Waals surface area contributed by atoms with Gasteiger partial charge in [-0.3, -0.25) is 4.40 Å². The topological polar surface area (TPSA) is 93.0 Å². The average Bonchev–Trinajstić information content (AvgIpc) is 3.33. The molecule has 1 saturated heterocycles. The van der Waals surface area contributed by atoms with Crippen LogP contribution in [-0.4, -0.2) is 47.6 Å². The number of fused-ring (bicyclic) bond motifs is 2. The molecule has 0 unspecified atom stereocenters. The minimum atomic E-state index is 0.182. The van der Waals surface area contributed by atoms with Gasteiger partial charge in [0.25, 0.3) is 0 Å². The molecule has 1 saturated carbocycles. The summed E-state index contributed by atoms with van der Waals surface area (Å²) >= 11 is 0. The Bertz CT molecular complexity index is 1150. The van der Waals surface area contributed by atoms with Gasteiger partial charge in [0, 0.05) is 59.7 Å². The first-order chi connectivity index (χ1) is 13.8. The maximum absolute atomic E-state index is 5.81. The number of hydrogen-bond donors (Lipinski definition) is 2. The highest BCUT2D eigenvalue weighted by molar-refractivity contribution is 5.93. The Hall–Kier alpha value is -3.00. The van der Waals surface area contributed by atoms with E-state index in [1.807, 2.05) is 35.4 Å². The molecule has 4 aromatic rings. The van der Waals surface area contributed by atoms with Crippen LogP contribution in [-0.2, 0) is 4.74 Å². The van der Waals surface area contributed by atoms with Crippen LogP contribution in [0, 0.1) is 0 Å². The Morgan fingerprint density at radius 2 is 2.04 bits per heavy atom. The number of aromatic nitrogens is 6. The third kappa shape index (κ3) is 2.56. The fourth-order valence-electron chi connectivity index (χ4n) is 4.43. The largest absolute Gasteiger partial charge is 0.375 e. The van der Waals surface area contributed by atoms with E-state index < -0.39 is 0 Å². The van der Waals surface area contributed by atoms with Gasteiger partial charge < -0.3 is 15.0 Å². The monoisotopic (exact) mass is 375 g/mol. The lowest BCUT2D eigenvalue weighted by Gasteiger charge is -2.46. The van der Waals surface area contributed by atoms with Crippen LogP contribution in [0.25, 0.3) is 27.9 Å². The highest BCUT2D eigenvalue weighted by Crippen LogP contribution is 2.41. The summed E-state index contributed by atoms with van der Waals surface area (Å²) in [5, 5.41) is 4.49. The number of H-pyrrole nitrogens is 1. The molecule has 5 heterocycles. The van der Waals surface area contributed by atoms with Crippen molar-refractivity contribution < 1.29 is 4.74 Å². The quantitative estimate of drug-likeness (QED) is 0.571. The van der Waals surface area contributed by atoms with Crippen molar-refractivity contribution >= 4 is 22.8 Å². The van der Waals surface area contributed by atoms with Gasteiger partial charge in [-0.1, -0.05) is 0 Å². The second kappa shape index (κ2) is 6.00. The molecule has 0 amide bonds. The van der Waals surface area contributed by atoms with Crippen LogP contribution in [0.15, 0.2) is 37.2 Å². The summed E-state index contributed by atoms with van der Waals surface area (Å²) in [6.45, 7) is 0.927. The molecule has 0 radical (unpaired) electrons. The van der Waals surface area contributed by atoms with Crippen molar-refractivity contribution in [3.8, 4) is 11.1 Å². The van der Waals surface area contributed by atoms with Crippen LogP contribution >= 0.6 is 0 Å². The fourth-order valence-corrected chi connectivity index (χ4v) is 4.43. The Morgan fingerprint density at radius 3 is 2.86 bits per heavy atom. The normalized spacial score (nSPS) is 24.6. The van der Waals surface area contributed by atoms with Crippen molar-refractivity contribution in [2.45, 2.75) is 43.7 Å². The summed E-state index contributed by atoms with van der Waals surface area (Å²) in [6.07, 6.45) is 17.0. The zero-order valence-corrected chi connectivity index (χ0v) is 15.4. The number of ether oxygens (including phenoxy) is 1. The van der Waals surface area contributed by atoms with Gasteiger partial charge in [-0.25, -0.2) is 15.0 Å². The first-order valence-electron chi connectivity index (χ1n) is 9.82. The lowest BCUT2D eigenvalue weighted by atomic mass is 9.77. The zero-order valence-electron chi connectivity index (χ0n) is 15.4. The summed E-state index contributed by atoms with van der Waals surface area (Å²) < 4.78 is 7.72. The summed E-state index contributed by atoms with van der Waals surface area (Å²) in [4.78, 5) is 21.1. The van der Waals surface area contributed by atoms with Gasteiger partial charge in [0.05, 0.1) is 12.2 Å². The molecule has 0 bridgehead atoms. The molecule has 8 nitrogen and oxygen atoms in total. The lowest BCUT2D eigenvalue weighted by Crippen LogP contribution is -2.48. The number of nitrogens with zero attached hydrogens (tertiary/aromatic N) is 5. The molecular weight excluding hydrogens is 354 g/mol. The van der Waals surface area contributed by atoms with Crippen molar-refractivity contribution in [2.24, 2.45) is 0 Å². The Kier molecular flexibility index (Phi) is 3.43. The third-order valence-corrected chi connectivity index (χ3v) is 6.18. The van der Waals surface area contributed by atoms with E-state index in [0.717, 1.165) is 54.5 Å². The van der Waals surface area contributed by atoms with E-state index in [0.29, 0.717) is 17.8 Å². The minimum absolute atomic E-state index is 0.182. The summed E-state index contributed by atoms with van der Waals surface area (Å²) in [7, 11) is 0. The van der Waals surface area contributed by atoms with Crippen LogP contribution in [0.3, 0.4) is 0 Å². The second-order valence-electron chi connectivity index (χ2n) is 7.84. The first-order valence-corrected chi connectivity index (χ1v) is 9.82. The predicted octanol–water partition coefficient (Wildman–Crippen LogP) is 3.18. The number of hydrogen-bond acceptors (Lipinski definition) is 6. The van der Waals surface area contributed by atoms with Crippen LogP contribution in [0.4, 0.5) is 5.95 Å². The maximum Gasteiger partial charge on any atom is 0.233 e. The molecule has 6 rings (SSSR count). The molecule has 1 aliphatic heterocycles. The van der Waals surface area contributed by atoms with E-state index in [4.69, 9.17) is 4.74 Å². The summed E-state index contributed by atoms with van der Waals surface area (Å²) in [6, 6.07) is 0.412. The highest BCUT2D eigenvalue weighted by Gasteiger charge is 2.41. The van der Waals surface area contributed by atoms with Gasteiger partial charge in [-0.05, 0) is 32.1 Å². The van der Waals surface area contributed by atoms with Crippen molar-refractivity contribution in [1.29, 1.82) is 0 Å². The van der Waals surface area contributed by atoms with E-state index in [2.05, 4.69) is 30.2 Å². The van der Waals surface area contributed by atoms with E-state index in [1.54, 1.807) is 6.20 Å². The first kappa shape index (κ1) is 16.0. The van der Waals surface area contributed by atoms with E-state index in [-0.39, 0.29) is 5.60 Å². The van der Waals surface area contributed by atoms with E-state index >= 15 is 0 Å². The molecule has 28 heavy (non-hydrogen) atoms. The van der Waals surface area contributed by atoms with Crippen molar-refractivity contribution in [3.63, 3.8) is 0 Å². The zero-order chi connectivity index (χ0) is 18.6. The lowest BCUT2D eigenvalue weighted by molar-refractivity contribution is -0.165. The number of rotatable bonds is 3. The number of imidazole rings is 1. The smallest absolute Gasteiger partial charge is 0.233 e. The number of aromatic amines is 1. The van der Waals surface area contributed by atoms with Crippen LogP contribution < -0.4 is 5.32 Å². The van der Waals surface area contributed by atoms with Crippen molar-refractivity contribution in [2.75, 3.05) is 11.9 Å². The molecular formula is C20H21N7O. The van der Waals surface area contributed by atoms with Crippen LogP contribution in [0.2, 0.25) is 0 Å². The molecule has 0 atom stereocenters. The van der Waals surface area contributed by atoms with Crippen molar-refractivity contribution in [3.05, 3.63) is 37.2 Å². The maximum atomic E-state index is 5.81. The standard InChI is InChI=1S/C20H21N7O/c1-3-20(5-8-28-20)4-2-14(1)25-18-23-11-16-15(10-22-17(16)26-18)13-9-24-19-21-6-7-27(19)12-13/h6-7,9-12,14H,1-5,8H2,(H2,22,23,25,26).